The second-order valence-corrected chi connectivity index (χ2v) is 7.23. The summed E-state index contributed by atoms with van der Waals surface area (Å²) in [6.45, 7) is 4.03. The molecule has 1 aliphatic heterocycles. The van der Waals surface area contributed by atoms with E-state index in [4.69, 9.17) is 5.73 Å². The van der Waals surface area contributed by atoms with Crippen molar-refractivity contribution in [3.8, 4) is 0 Å². The van der Waals surface area contributed by atoms with Gasteiger partial charge in [-0.25, -0.2) is 0 Å². The van der Waals surface area contributed by atoms with Gasteiger partial charge in [-0.2, -0.15) is 11.8 Å². The second-order valence-electron chi connectivity index (χ2n) is 6.25. The number of rotatable bonds is 8. The van der Waals surface area contributed by atoms with E-state index in [1.807, 2.05) is 29.4 Å². The molecule has 2 rings (SSSR count). The third-order valence-corrected chi connectivity index (χ3v) is 5.00. The van der Waals surface area contributed by atoms with Gasteiger partial charge in [0, 0.05) is 32.7 Å². The first-order valence-corrected chi connectivity index (χ1v) is 10.1. The van der Waals surface area contributed by atoms with Crippen LogP contribution in [0.4, 0.5) is 0 Å². The number of hydrogen-bond acceptors (Lipinski definition) is 5. The van der Waals surface area contributed by atoms with Crippen molar-refractivity contribution in [3.63, 3.8) is 0 Å². The molecule has 0 aromatic heterocycles. The minimum Gasteiger partial charge on any atom is -0.346 e. The van der Waals surface area contributed by atoms with Crippen LogP contribution in [0.5, 0.6) is 0 Å². The van der Waals surface area contributed by atoms with Gasteiger partial charge in [0.05, 0.1) is 12.6 Å². The zero-order chi connectivity index (χ0) is 18.1. The summed E-state index contributed by atoms with van der Waals surface area (Å²) in [4.78, 5) is 28.3. The summed E-state index contributed by atoms with van der Waals surface area (Å²) in [5.74, 6) is 0.557. The number of hydrogen-bond donors (Lipinski definition) is 2. The fourth-order valence-electron chi connectivity index (χ4n) is 2.78. The minimum absolute atomic E-state index is 0. The summed E-state index contributed by atoms with van der Waals surface area (Å²) in [6, 6.07) is 9.80. The van der Waals surface area contributed by atoms with Gasteiger partial charge in [-0.15, -0.1) is 12.4 Å². The highest BCUT2D eigenvalue weighted by molar-refractivity contribution is 7.98. The zero-order valence-corrected chi connectivity index (χ0v) is 16.9. The summed E-state index contributed by atoms with van der Waals surface area (Å²) < 4.78 is 0. The van der Waals surface area contributed by atoms with Crippen LogP contribution >= 0.6 is 24.2 Å². The van der Waals surface area contributed by atoms with E-state index in [9.17, 15) is 9.59 Å². The van der Waals surface area contributed by atoms with Crippen molar-refractivity contribution in [1.82, 2.24) is 15.1 Å². The Morgan fingerprint density at radius 2 is 1.85 bits per heavy atom. The largest absolute Gasteiger partial charge is 0.346 e. The number of amides is 2. The molecular formula is C18H29ClN4O2S. The predicted molar refractivity (Wildman–Crippen MR) is 110 cm³/mol. The highest BCUT2D eigenvalue weighted by atomic mass is 35.5. The van der Waals surface area contributed by atoms with Crippen LogP contribution in [0.15, 0.2) is 30.3 Å². The molecule has 1 fully saturated rings. The number of carbonyl (C=O) groups excluding carboxylic acids is 2. The van der Waals surface area contributed by atoms with Crippen molar-refractivity contribution < 1.29 is 9.59 Å². The van der Waals surface area contributed by atoms with E-state index in [2.05, 4.69) is 22.3 Å². The fourth-order valence-corrected chi connectivity index (χ4v) is 3.27. The van der Waals surface area contributed by atoms with Crippen LogP contribution in [0, 0.1) is 0 Å². The molecule has 1 heterocycles. The summed E-state index contributed by atoms with van der Waals surface area (Å²) in [6.07, 6.45) is 2.60. The lowest BCUT2D eigenvalue weighted by Gasteiger charge is -2.34. The maximum absolute atomic E-state index is 12.3. The number of carbonyl (C=O) groups is 2. The molecule has 8 heteroatoms. The molecule has 1 aliphatic rings. The molecule has 1 atom stereocenters. The number of nitrogens with zero attached hydrogens (tertiary/aromatic N) is 2. The lowest BCUT2D eigenvalue weighted by Crippen LogP contribution is -2.52. The van der Waals surface area contributed by atoms with Crippen molar-refractivity contribution in [3.05, 3.63) is 35.9 Å². The average molecular weight is 401 g/mol. The molecule has 0 radical (unpaired) electrons. The van der Waals surface area contributed by atoms with Crippen molar-refractivity contribution in [2.24, 2.45) is 5.73 Å². The van der Waals surface area contributed by atoms with Crippen LogP contribution in [0.1, 0.15) is 12.0 Å². The number of nitrogens with two attached hydrogens (primary N) is 1. The minimum atomic E-state index is -0.539. The summed E-state index contributed by atoms with van der Waals surface area (Å²) in [5, 5.41) is 2.66. The zero-order valence-electron chi connectivity index (χ0n) is 15.2. The van der Waals surface area contributed by atoms with Gasteiger partial charge in [-0.1, -0.05) is 30.3 Å². The van der Waals surface area contributed by atoms with E-state index < -0.39 is 6.04 Å². The van der Waals surface area contributed by atoms with Gasteiger partial charge in [0.25, 0.3) is 0 Å². The third-order valence-electron chi connectivity index (χ3n) is 4.36. The number of benzene rings is 1. The lowest BCUT2D eigenvalue weighted by atomic mass is 10.2. The molecule has 0 unspecified atom stereocenters. The molecule has 0 spiro atoms. The Kier molecular flexibility index (Phi) is 10.7. The molecule has 6 nitrogen and oxygen atoms in total. The summed E-state index contributed by atoms with van der Waals surface area (Å²) >= 11 is 1.66. The van der Waals surface area contributed by atoms with Crippen LogP contribution < -0.4 is 11.1 Å². The van der Waals surface area contributed by atoms with Gasteiger partial charge < -0.3 is 16.0 Å². The first-order valence-electron chi connectivity index (χ1n) is 8.66. The van der Waals surface area contributed by atoms with Gasteiger partial charge in [0.15, 0.2) is 0 Å². The molecule has 0 aliphatic carbocycles. The highest BCUT2D eigenvalue weighted by Gasteiger charge is 2.22. The lowest BCUT2D eigenvalue weighted by molar-refractivity contribution is -0.134. The van der Waals surface area contributed by atoms with Crippen LogP contribution in [0.2, 0.25) is 0 Å². The predicted octanol–water partition coefficient (Wildman–Crippen LogP) is 0.949. The summed E-state index contributed by atoms with van der Waals surface area (Å²) in [5.41, 5.74) is 7.09. The Balaban J connectivity index is 0.00000338. The molecule has 1 aromatic carbocycles. The van der Waals surface area contributed by atoms with Gasteiger partial charge in [0.2, 0.25) is 11.8 Å². The fraction of sp³-hybridized carbons (Fsp3) is 0.556. The van der Waals surface area contributed by atoms with Crippen molar-refractivity contribution >= 4 is 36.0 Å². The van der Waals surface area contributed by atoms with Crippen LogP contribution in [-0.4, -0.2) is 72.4 Å². The van der Waals surface area contributed by atoms with Gasteiger partial charge in [-0.3, -0.25) is 14.5 Å². The normalized spacial score (nSPS) is 15.8. The molecule has 3 N–H and O–H groups in total. The summed E-state index contributed by atoms with van der Waals surface area (Å²) in [7, 11) is 0. The average Bonchev–Trinajstić information content (AvgIpc) is 2.65. The Hall–Kier alpha value is -1.28. The van der Waals surface area contributed by atoms with Crippen molar-refractivity contribution in [2.75, 3.05) is 44.7 Å². The Labute approximate surface area is 166 Å². The van der Waals surface area contributed by atoms with E-state index >= 15 is 0 Å². The van der Waals surface area contributed by atoms with Gasteiger partial charge in [-0.05, 0) is 24.0 Å². The molecule has 1 saturated heterocycles. The third kappa shape index (κ3) is 7.53. The van der Waals surface area contributed by atoms with Crippen molar-refractivity contribution in [2.45, 2.75) is 19.0 Å². The Morgan fingerprint density at radius 1 is 1.19 bits per heavy atom. The van der Waals surface area contributed by atoms with E-state index in [-0.39, 0.29) is 30.8 Å². The first-order chi connectivity index (χ1) is 12.1. The van der Waals surface area contributed by atoms with Gasteiger partial charge >= 0.3 is 0 Å². The number of thioether (sulfide) groups is 1. The van der Waals surface area contributed by atoms with Crippen LogP contribution in [0.25, 0.3) is 0 Å². The molecule has 2 amide bonds. The maximum Gasteiger partial charge on any atom is 0.242 e. The van der Waals surface area contributed by atoms with Crippen molar-refractivity contribution in [1.29, 1.82) is 0 Å². The van der Waals surface area contributed by atoms with E-state index in [1.165, 1.54) is 5.56 Å². The highest BCUT2D eigenvalue weighted by Crippen LogP contribution is 2.08. The smallest absolute Gasteiger partial charge is 0.242 e. The number of halogens is 1. The molecule has 26 heavy (non-hydrogen) atoms. The molecule has 0 saturated carbocycles. The number of piperazine rings is 1. The first kappa shape index (κ1) is 22.8. The molecule has 1 aromatic rings. The standard InChI is InChI=1S/C18H28N4O2S.ClH/c1-25-12-7-16(19)18(24)20-13-17(23)22-10-8-21(9-11-22)14-15-5-3-2-4-6-15;/h2-6,16H,7-14,19H2,1H3,(H,20,24);1H/t16-;/m0./s1. The quantitative estimate of drug-likeness (QED) is 0.679. The van der Waals surface area contributed by atoms with E-state index in [1.54, 1.807) is 11.8 Å². The monoisotopic (exact) mass is 400 g/mol. The molecule has 146 valence electrons. The van der Waals surface area contributed by atoms with E-state index in [0.29, 0.717) is 19.5 Å². The van der Waals surface area contributed by atoms with Crippen LogP contribution in [0.3, 0.4) is 0 Å². The topological polar surface area (TPSA) is 78.7 Å². The second kappa shape index (κ2) is 12.2. The Morgan fingerprint density at radius 3 is 2.46 bits per heavy atom. The van der Waals surface area contributed by atoms with Crippen LogP contribution in [-0.2, 0) is 16.1 Å². The molecule has 0 bridgehead atoms. The van der Waals surface area contributed by atoms with E-state index in [0.717, 1.165) is 25.4 Å². The number of nitrogens with one attached hydrogen (secondary N) is 1. The maximum atomic E-state index is 12.3. The molecular weight excluding hydrogens is 372 g/mol. The Bertz CT molecular complexity index is 553. The SMILES string of the molecule is CSCC[C@H](N)C(=O)NCC(=O)N1CCN(Cc2ccccc2)CC1.Cl. The van der Waals surface area contributed by atoms with Gasteiger partial charge in [0.1, 0.15) is 0 Å².